The van der Waals surface area contributed by atoms with Crippen LogP contribution in [-0.4, -0.2) is 74.6 Å². The standard InChI is InChI=1S/C15H26N2O4/c18-13-2-5-17(8-12-9-20-6-7-21-10-12)11-15(13)3-1-4-16-14(15)19/h12-13,18H,1-11H2,(H,16,19)/t13-,15-/m1/s1. The van der Waals surface area contributed by atoms with Gasteiger partial charge in [-0.3, -0.25) is 4.79 Å². The number of carbonyl (C=O) groups is 1. The van der Waals surface area contributed by atoms with Crippen LogP contribution in [0.5, 0.6) is 0 Å². The lowest BCUT2D eigenvalue weighted by atomic mass is 9.71. The van der Waals surface area contributed by atoms with Crippen molar-refractivity contribution in [2.45, 2.75) is 25.4 Å². The molecular weight excluding hydrogens is 272 g/mol. The van der Waals surface area contributed by atoms with Crippen molar-refractivity contribution in [2.24, 2.45) is 11.3 Å². The van der Waals surface area contributed by atoms with Crippen molar-refractivity contribution < 1.29 is 19.4 Å². The van der Waals surface area contributed by atoms with Crippen molar-refractivity contribution in [1.29, 1.82) is 0 Å². The summed E-state index contributed by atoms with van der Waals surface area (Å²) in [6.45, 7) is 5.88. The fourth-order valence-electron chi connectivity index (χ4n) is 3.82. The van der Waals surface area contributed by atoms with E-state index in [9.17, 15) is 9.90 Å². The number of hydrogen-bond donors (Lipinski definition) is 2. The Bertz CT molecular complexity index is 371. The molecule has 3 fully saturated rings. The second kappa shape index (κ2) is 6.60. The van der Waals surface area contributed by atoms with Gasteiger partial charge in [0.1, 0.15) is 0 Å². The number of carbonyl (C=O) groups excluding carboxylic acids is 1. The summed E-state index contributed by atoms with van der Waals surface area (Å²) in [6.07, 6.45) is 1.89. The van der Waals surface area contributed by atoms with Gasteiger partial charge in [-0.05, 0) is 19.3 Å². The zero-order chi connectivity index (χ0) is 14.7. The Labute approximate surface area is 125 Å². The summed E-state index contributed by atoms with van der Waals surface area (Å²) in [6, 6.07) is 0. The normalized spacial score (nSPS) is 36.4. The molecule has 3 heterocycles. The van der Waals surface area contributed by atoms with Crippen LogP contribution in [0.1, 0.15) is 19.3 Å². The monoisotopic (exact) mass is 298 g/mol. The minimum absolute atomic E-state index is 0.0271. The SMILES string of the molecule is O=C1NCCC[C@]12CN(CC1COCCOC1)CC[C@H]2O. The molecule has 6 nitrogen and oxygen atoms in total. The first-order valence-electron chi connectivity index (χ1n) is 8.05. The highest BCUT2D eigenvalue weighted by atomic mass is 16.5. The predicted molar refractivity (Wildman–Crippen MR) is 76.9 cm³/mol. The van der Waals surface area contributed by atoms with Gasteiger partial charge >= 0.3 is 0 Å². The molecule has 120 valence electrons. The van der Waals surface area contributed by atoms with E-state index in [4.69, 9.17) is 9.47 Å². The number of nitrogens with one attached hydrogen (secondary N) is 1. The second-order valence-electron chi connectivity index (χ2n) is 6.57. The highest BCUT2D eigenvalue weighted by molar-refractivity contribution is 5.84. The van der Waals surface area contributed by atoms with Gasteiger partial charge in [0.05, 0.1) is 37.9 Å². The molecule has 3 saturated heterocycles. The van der Waals surface area contributed by atoms with Gasteiger partial charge in [-0.2, -0.15) is 0 Å². The zero-order valence-electron chi connectivity index (χ0n) is 12.6. The maximum Gasteiger partial charge on any atom is 0.230 e. The van der Waals surface area contributed by atoms with E-state index in [2.05, 4.69) is 10.2 Å². The third-order valence-corrected chi connectivity index (χ3v) is 5.00. The number of hydrogen-bond acceptors (Lipinski definition) is 5. The molecule has 0 bridgehead atoms. The van der Waals surface area contributed by atoms with Crippen molar-refractivity contribution in [1.82, 2.24) is 10.2 Å². The summed E-state index contributed by atoms with van der Waals surface area (Å²) in [5.74, 6) is 0.380. The average molecular weight is 298 g/mol. The molecule has 0 aromatic carbocycles. The number of rotatable bonds is 2. The molecule has 21 heavy (non-hydrogen) atoms. The summed E-state index contributed by atoms with van der Waals surface area (Å²) in [4.78, 5) is 14.6. The minimum Gasteiger partial charge on any atom is -0.392 e. The quantitative estimate of drug-likeness (QED) is 0.727. The summed E-state index contributed by atoms with van der Waals surface area (Å²) in [5.41, 5.74) is -0.608. The Kier molecular flexibility index (Phi) is 4.78. The van der Waals surface area contributed by atoms with E-state index in [-0.39, 0.29) is 5.91 Å². The molecule has 3 rings (SSSR count). The van der Waals surface area contributed by atoms with Gasteiger partial charge < -0.3 is 24.8 Å². The molecule has 3 aliphatic rings. The molecule has 0 aromatic heterocycles. The van der Waals surface area contributed by atoms with Crippen molar-refractivity contribution in [3.05, 3.63) is 0 Å². The first-order chi connectivity index (χ1) is 10.2. The van der Waals surface area contributed by atoms with Crippen LogP contribution in [0.25, 0.3) is 0 Å². The van der Waals surface area contributed by atoms with Gasteiger partial charge in [-0.1, -0.05) is 0 Å². The average Bonchev–Trinajstić information content (AvgIpc) is 2.75. The van der Waals surface area contributed by atoms with Crippen LogP contribution in [0.2, 0.25) is 0 Å². The largest absolute Gasteiger partial charge is 0.392 e. The fourth-order valence-corrected chi connectivity index (χ4v) is 3.82. The first-order valence-corrected chi connectivity index (χ1v) is 8.05. The van der Waals surface area contributed by atoms with Crippen molar-refractivity contribution in [3.8, 4) is 0 Å². The van der Waals surface area contributed by atoms with E-state index in [0.29, 0.717) is 32.1 Å². The maximum atomic E-state index is 12.3. The van der Waals surface area contributed by atoms with E-state index >= 15 is 0 Å². The molecule has 0 unspecified atom stereocenters. The number of ether oxygens (including phenoxy) is 2. The molecule has 1 amide bonds. The van der Waals surface area contributed by atoms with Gasteiger partial charge in [0, 0.05) is 32.1 Å². The summed E-state index contributed by atoms with van der Waals surface area (Å²) in [5, 5.41) is 13.3. The van der Waals surface area contributed by atoms with Gasteiger partial charge in [0.2, 0.25) is 5.91 Å². The number of nitrogens with zero attached hydrogens (tertiary/aromatic N) is 1. The van der Waals surface area contributed by atoms with Crippen LogP contribution in [0, 0.1) is 11.3 Å². The highest BCUT2D eigenvalue weighted by Crippen LogP contribution is 2.37. The second-order valence-corrected chi connectivity index (χ2v) is 6.57. The molecule has 3 aliphatic heterocycles. The number of aliphatic hydroxyl groups is 1. The smallest absolute Gasteiger partial charge is 0.230 e. The van der Waals surface area contributed by atoms with Crippen molar-refractivity contribution >= 4 is 5.91 Å². The van der Waals surface area contributed by atoms with Crippen molar-refractivity contribution in [2.75, 3.05) is 52.6 Å². The van der Waals surface area contributed by atoms with Crippen LogP contribution >= 0.6 is 0 Å². The van der Waals surface area contributed by atoms with Crippen LogP contribution in [0.4, 0.5) is 0 Å². The van der Waals surface area contributed by atoms with E-state index in [1.807, 2.05) is 0 Å². The van der Waals surface area contributed by atoms with Crippen molar-refractivity contribution in [3.63, 3.8) is 0 Å². The lowest BCUT2D eigenvalue weighted by Gasteiger charge is -2.47. The Morgan fingerprint density at radius 2 is 2.10 bits per heavy atom. The third kappa shape index (κ3) is 3.23. The fraction of sp³-hybridized carbons (Fsp3) is 0.933. The maximum absolute atomic E-state index is 12.3. The van der Waals surface area contributed by atoms with E-state index in [1.165, 1.54) is 0 Å². The topological polar surface area (TPSA) is 71.0 Å². The highest BCUT2D eigenvalue weighted by Gasteiger charge is 2.49. The Hall–Kier alpha value is -0.690. The van der Waals surface area contributed by atoms with Crippen LogP contribution < -0.4 is 5.32 Å². The van der Waals surface area contributed by atoms with Gasteiger partial charge in [-0.25, -0.2) is 0 Å². The van der Waals surface area contributed by atoms with Crippen LogP contribution in [0.3, 0.4) is 0 Å². The molecule has 6 heteroatoms. The molecule has 0 aliphatic carbocycles. The van der Waals surface area contributed by atoms with Crippen LogP contribution in [0.15, 0.2) is 0 Å². The number of aliphatic hydroxyl groups excluding tert-OH is 1. The Morgan fingerprint density at radius 3 is 2.81 bits per heavy atom. The zero-order valence-corrected chi connectivity index (χ0v) is 12.6. The van der Waals surface area contributed by atoms with Gasteiger partial charge in [0.25, 0.3) is 0 Å². The molecule has 1 spiro atoms. The lowest BCUT2D eigenvalue weighted by Crippen LogP contribution is -2.61. The number of piperidine rings is 2. The molecular formula is C15H26N2O4. The lowest BCUT2D eigenvalue weighted by molar-refractivity contribution is -0.149. The minimum atomic E-state index is -0.608. The molecule has 0 saturated carbocycles. The van der Waals surface area contributed by atoms with E-state index in [1.54, 1.807) is 0 Å². The van der Waals surface area contributed by atoms with Crippen LogP contribution in [-0.2, 0) is 14.3 Å². The first kappa shape index (κ1) is 15.2. The predicted octanol–water partition coefficient (Wildman–Crippen LogP) is -0.388. The Balaban J connectivity index is 1.63. The molecule has 2 N–H and O–H groups in total. The summed E-state index contributed by atoms with van der Waals surface area (Å²) < 4.78 is 11.1. The van der Waals surface area contributed by atoms with Gasteiger partial charge in [0.15, 0.2) is 0 Å². The number of amides is 1. The molecule has 0 radical (unpaired) electrons. The van der Waals surface area contributed by atoms with E-state index < -0.39 is 11.5 Å². The van der Waals surface area contributed by atoms with E-state index in [0.717, 1.165) is 45.7 Å². The molecule has 2 atom stereocenters. The summed E-state index contributed by atoms with van der Waals surface area (Å²) >= 11 is 0. The Morgan fingerprint density at radius 1 is 1.33 bits per heavy atom. The van der Waals surface area contributed by atoms with Gasteiger partial charge in [-0.15, -0.1) is 0 Å². The molecule has 0 aromatic rings. The summed E-state index contributed by atoms with van der Waals surface area (Å²) in [7, 11) is 0. The third-order valence-electron chi connectivity index (χ3n) is 5.00. The number of likely N-dealkylation sites (tertiary alicyclic amines) is 1.